The summed E-state index contributed by atoms with van der Waals surface area (Å²) < 4.78 is 9.83. The van der Waals surface area contributed by atoms with Gasteiger partial charge >= 0.3 is 133 Å². The van der Waals surface area contributed by atoms with Crippen LogP contribution in [0.2, 0.25) is 0 Å². The van der Waals surface area contributed by atoms with Crippen LogP contribution in [0.25, 0.3) is 0 Å². The Morgan fingerprint density at radius 1 is 1.10 bits per heavy atom. The molecule has 0 saturated carbocycles. The minimum atomic E-state index is -2.17. The van der Waals surface area contributed by atoms with E-state index in [4.69, 9.17) is 2.85 Å². The molecule has 1 unspecified atom stereocenters. The maximum Gasteiger partial charge on any atom is -0.147 e. The summed E-state index contributed by atoms with van der Waals surface area (Å²) >= 11 is -2.17. The zero-order valence-corrected chi connectivity index (χ0v) is 17.7. The predicted molar refractivity (Wildman–Crippen MR) is 90.2 cm³/mol. The molecule has 0 spiro atoms. The summed E-state index contributed by atoms with van der Waals surface area (Å²) in [6, 6.07) is 0. The SMILES string of the molecule is CCCCC(CC)C[O][Hf]([C]1=CC=CC1)[C]1=CC=CC1.Cl. The van der Waals surface area contributed by atoms with E-state index in [1.165, 1.54) is 25.7 Å². The molecule has 2 aliphatic carbocycles. The first-order valence-corrected chi connectivity index (χ1v) is 13.1. The van der Waals surface area contributed by atoms with Crippen molar-refractivity contribution in [3.63, 3.8) is 0 Å². The molecule has 1 nitrogen and oxygen atoms in total. The molecule has 0 amide bonds. The Kier molecular flexibility index (Phi) is 9.79. The van der Waals surface area contributed by atoms with Gasteiger partial charge in [-0.15, -0.1) is 12.4 Å². The fourth-order valence-electron chi connectivity index (χ4n) is 2.72. The summed E-state index contributed by atoms with van der Waals surface area (Å²) in [4.78, 5) is 0. The summed E-state index contributed by atoms with van der Waals surface area (Å²) in [6.45, 7) is 5.58. The molecule has 0 N–H and O–H groups in total. The normalized spacial score (nSPS) is 17.4. The van der Waals surface area contributed by atoms with Crippen molar-refractivity contribution in [3.05, 3.63) is 43.1 Å². The van der Waals surface area contributed by atoms with Crippen molar-refractivity contribution in [1.82, 2.24) is 0 Å². The van der Waals surface area contributed by atoms with Gasteiger partial charge in [-0.2, -0.15) is 0 Å². The largest absolute Gasteiger partial charge is 0.147 e. The molecule has 0 radical (unpaired) electrons. The Morgan fingerprint density at radius 3 is 2.14 bits per heavy atom. The average Bonchev–Trinajstić information content (AvgIpc) is 3.16. The number of hydrogen-bond donors (Lipinski definition) is 0. The average molecular weight is 474 g/mol. The van der Waals surface area contributed by atoms with Gasteiger partial charge in [-0.05, 0) is 0 Å². The van der Waals surface area contributed by atoms with Crippen molar-refractivity contribution in [2.75, 3.05) is 6.61 Å². The molecule has 0 bridgehead atoms. The van der Waals surface area contributed by atoms with E-state index in [1.54, 1.807) is 6.66 Å². The van der Waals surface area contributed by atoms with Crippen LogP contribution in [0, 0.1) is 5.92 Å². The van der Waals surface area contributed by atoms with E-state index in [0.717, 1.165) is 25.4 Å². The first-order valence-electron chi connectivity index (χ1n) is 8.07. The Bertz CT molecular complexity index is 393. The third-order valence-electron chi connectivity index (χ3n) is 4.13. The van der Waals surface area contributed by atoms with Gasteiger partial charge in [0.2, 0.25) is 0 Å². The van der Waals surface area contributed by atoms with Gasteiger partial charge in [-0.1, -0.05) is 0 Å². The van der Waals surface area contributed by atoms with Gasteiger partial charge in [-0.3, -0.25) is 0 Å². The standard InChI is InChI=1S/C8H17O.2C5H5.ClH.Hf/c1-3-5-6-8(4-2)7-9;2*1-2-4-5-3-1;;/h8H,3-7H2,1-2H3;2*1-3H,4H2;1H;/q-1;;;;+1. The van der Waals surface area contributed by atoms with Crippen LogP contribution in [0.1, 0.15) is 52.4 Å². The Labute approximate surface area is 144 Å². The summed E-state index contributed by atoms with van der Waals surface area (Å²) in [6.07, 6.45) is 21.2. The summed E-state index contributed by atoms with van der Waals surface area (Å²) in [7, 11) is 0. The van der Waals surface area contributed by atoms with Crippen molar-refractivity contribution in [2.45, 2.75) is 52.4 Å². The van der Waals surface area contributed by atoms with Crippen LogP contribution >= 0.6 is 12.4 Å². The van der Waals surface area contributed by atoms with E-state index in [9.17, 15) is 0 Å². The Morgan fingerprint density at radius 2 is 1.71 bits per heavy atom. The third-order valence-corrected chi connectivity index (χ3v) is 12.6. The van der Waals surface area contributed by atoms with Crippen molar-refractivity contribution >= 4 is 12.4 Å². The van der Waals surface area contributed by atoms with Crippen molar-refractivity contribution in [1.29, 1.82) is 0 Å². The minimum absolute atomic E-state index is 0. The maximum atomic E-state index is 6.56. The minimum Gasteiger partial charge on any atom is -0.147 e. The molecule has 2 rings (SSSR count). The van der Waals surface area contributed by atoms with E-state index in [2.05, 4.69) is 50.3 Å². The number of rotatable bonds is 9. The molecular formula is C18H28ClHfO. The Balaban J connectivity index is 0.00000220. The molecule has 0 fully saturated rings. The van der Waals surface area contributed by atoms with Crippen molar-refractivity contribution < 1.29 is 24.7 Å². The van der Waals surface area contributed by atoms with Crippen LogP contribution in [-0.2, 0) is 24.7 Å². The number of unbranched alkanes of at least 4 members (excludes halogenated alkanes) is 1. The third kappa shape index (κ3) is 6.00. The maximum absolute atomic E-state index is 6.56. The molecule has 0 aliphatic heterocycles. The van der Waals surface area contributed by atoms with Crippen LogP contribution in [0.5, 0.6) is 0 Å². The fraction of sp³-hybridized carbons (Fsp3) is 0.556. The van der Waals surface area contributed by atoms with E-state index >= 15 is 0 Å². The van der Waals surface area contributed by atoms with Gasteiger partial charge in [0.15, 0.2) is 0 Å². The molecule has 21 heavy (non-hydrogen) atoms. The molecule has 0 aromatic heterocycles. The van der Waals surface area contributed by atoms with Crippen molar-refractivity contribution in [2.24, 2.45) is 5.92 Å². The molecule has 0 aromatic rings. The Hall–Kier alpha value is 0.0801. The topological polar surface area (TPSA) is 9.23 Å². The molecule has 3 heteroatoms. The van der Waals surface area contributed by atoms with E-state index in [-0.39, 0.29) is 12.4 Å². The fourth-order valence-corrected chi connectivity index (χ4v) is 10.9. The summed E-state index contributed by atoms with van der Waals surface area (Å²) in [5.74, 6) is 0.764. The van der Waals surface area contributed by atoms with Crippen molar-refractivity contribution in [3.8, 4) is 0 Å². The van der Waals surface area contributed by atoms with Gasteiger partial charge in [0.25, 0.3) is 0 Å². The van der Waals surface area contributed by atoms with E-state index in [1.807, 2.05) is 0 Å². The van der Waals surface area contributed by atoms with Gasteiger partial charge in [0, 0.05) is 0 Å². The zero-order chi connectivity index (χ0) is 14.2. The predicted octanol–water partition coefficient (Wildman–Crippen LogP) is 5.86. The summed E-state index contributed by atoms with van der Waals surface area (Å²) in [5, 5.41) is 0. The molecular weight excluding hydrogens is 446 g/mol. The second-order valence-corrected chi connectivity index (χ2v) is 13.7. The number of allylic oxidation sites excluding steroid dienone is 8. The van der Waals surface area contributed by atoms with E-state index in [0.29, 0.717) is 0 Å². The molecule has 0 saturated heterocycles. The molecule has 0 aromatic carbocycles. The number of hydrogen-bond acceptors (Lipinski definition) is 1. The molecule has 1 atom stereocenters. The van der Waals surface area contributed by atoms with Gasteiger partial charge < -0.3 is 0 Å². The van der Waals surface area contributed by atoms with Crippen LogP contribution in [0.15, 0.2) is 43.1 Å². The molecule has 117 valence electrons. The van der Waals surface area contributed by atoms with Crippen LogP contribution in [0.3, 0.4) is 0 Å². The smallest absolute Gasteiger partial charge is 0.147 e. The summed E-state index contributed by atoms with van der Waals surface area (Å²) in [5.41, 5.74) is 0. The van der Waals surface area contributed by atoms with Crippen LogP contribution in [0.4, 0.5) is 0 Å². The van der Waals surface area contributed by atoms with E-state index < -0.39 is 21.9 Å². The van der Waals surface area contributed by atoms with Crippen LogP contribution < -0.4 is 0 Å². The van der Waals surface area contributed by atoms with Crippen LogP contribution in [-0.4, -0.2) is 6.61 Å². The molecule has 0 heterocycles. The second-order valence-electron chi connectivity index (χ2n) is 5.70. The second kappa shape index (κ2) is 10.7. The zero-order valence-electron chi connectivity index (χ0n) is 13.3. The van der Waals surface area contributed by atoms with Gasteiger partial charge in [0.05, 0.1) is 0 Å². The monoisotopic (exact) mass is 475 g/mol. The van der Waals surface area contributed by atoms with Gasteiger partial charge in [0.1, 0.15) is 0 Å². The first kappa shape index (κ1) is 19.1. The first-order chi connectivity index (χ1) is 9.85. The van der Waals surface area contributed by atoms with Gasteiger partial charge in [-0.25, -0.2) is 0 Å². The number of halogens is 1. The quantitative estimate of drug-likeness (QED) is 0.381. The molecule has 2 aliphatic rings.